The molecule has 3 nitrogen and oxygen atoms in total. The van der Waals surface area contributed by atoms with Gasteiger partial charge in [0.1, 0.15) is 0 Å². The number of rotatable bonds is 3. The Bertz CT molecular complexity index is 321. The van der Waals surface area contributed by atoms with E-state index in [2.05, 4.69) is 22.2 Å². The molecular weight excluding hydrogens is 206 g/mol. The molecule has 15 heavy (non-hydrogen) atoms. The number of nitrogens with zero attached hydrogens (tertiary/aromatic N) is 2. The first-order valence-corrected chi connectivity index (χ1v) is 6.52. The Balaban J connectivity index is 2.04. The lowest BCUT2D eigenvalue weighted by Gasteiger charge is -2.11. The van der Waals surface area contributed by atoms with E-state index in [0.717, 1.165) is 12.2 Å². The second-order valence-electron chi connectivity index (χ2n) is 4.28. The number of likely N-dealkylation sites (tertiary alicyclic amines) is 1. The van der Waals surface area contributed by atoms with Crippen molar-refractivity contribution in [1.29, 1.82) is 0 Å². The minimum atomic E-state index is 0.0682. The number of hydrogen-bond donors (Lipinski definition) is 1. The van der Waals surface area contributed by atoms with Crippen LogP contribution in [0.4, 0.5) is 0 Å². The molecule has 0 aromatic carbocycles. The molecule has 4 heteroatoms. The zero-order chi connectivity index (χ0) is 10.8. The molecule has 0 spiro atoms. The van der Waals surface area contributed by atoms with E-state index in [9.17, 15) is 0 Å². The minimum absolute atomic E-state index is 0.0682. The molecule has 1 aliphatic rings. The Hall–Kier alpha value is -0.450. The Morgan fingerprint density at radius 3 is 3.07 bits per heavy atom. The van der Waals surface area contributed by atoms with Gasteiger partial charge in [0.15, 0.2) is 0 Å². The molecule has 2 N–H and O–H groups in total. The summed E-state index contributed by atoms with van der Waals surface area (Å²) in [7, 11) is 0. The number of nitrogens with two attached hydrogens (primary N) is 1. The summed E-state index contributed by atoms with van der Waals surface area (Å²) in [6.07, 6.45) is 1.25. The van der Waals surface area contributed by atoms with Crippen LogP contribution in [0.15, 0.2) is 5.38 Å². The molecule has 0 radical (unpaired) electrons. The fourth-order valence-corrected chi connectivity index (χ4v) is 3.07. The monoisotopic (exact) mass is 225 g/mol. The molecule has 1 aliphatic heterocycles. The molecule has 0 bridgehead atoms. The van der Waals surface area contributed by atoms with Crippen LogP contribution in [0.25, 0.3) is 0 Å². The van der Waals surface area contributed by atoms with Crippen molar-refractivity contribution < 1.29 is 0 Å². The van der Waals surface area contributed by atoms with E-state index in [4.69, 9.17) is 5.73 Å². The summed E-state index contributed by atoms with van der Waals surface area (Å²) in [5, 5.41) is 3.38. The van der Waals surface area contributed by atoms with Crippen molar-refractivity contribution >= 4 is 11.3 Å². The van der Waals surface area contributed by atoms with Crippen molar-refractivity contribution in [3.63, 3.8) is 0 Å². The Labute approximate surface area is 95.3 Å². The quantitative estimate of drug-likeness (QED) is 0.855. The van der Waals surface area contributed by atoms with Gasteiger partial charge in [0.2, 0.25) is 0 Å². The van der Waals surface area contributed by atoms with Crippen molar-refractivity contribution in [3.05, 3.63) is 16.1 Å². The highest BCUT2D eigenvalue weighted by Gasteiger charge is 2.25. The number of hydrogen-bond acceptors (Lipinski definition) is 4. The molecule has 0 amide bonds. The maximum Gasteiger partial charge on any atom is 0.0973 e. The first-order chi connectivity index (χ1) is 7.20. The van der Waals surface area contributed by atoms with E-state index in [1.807, 2.05) is 6.92 Å². The van der Waals surface area contributed by atoms with E-state index in [0.29, 0.717) is 5.92 Å². The SMILES string of the molecule is CCN1CCC(c2nc(C(C)N)cs2)C1. The van der Waals surface area contributed by atoms with Gasteiger partial charge in [-0.25, -0.2) is 4.98 Å². The van der Waals surface area contributed by atoms with Gasteiger partial charge < -0.3 is 10.6 Å². The molecule has 2 heterocycles. The van der Waals surface area contributed by atoms with Crippen LogP contribution in [0.1, 0.15) is 42.9 Å². The highest BCUT2D eigenvalue weighted by molar-refractivity contribution is 7.09. The first-order valence-electron chi connectivity index (χ1n) is 5.64. The lowest BCUT2D eigenvalue weighted by atomic mass is 10.1. The van der Waals surface area contributed by atoms with Gasteiger partial charge in [-0.3, -0.25) is 0 Å². The number of likely N-dealkylation sites (N-methyl/N-ethyl adjacent to an activating group) is 1. The van der Waals surface area contributed by atoms with Crippen molar-refractivity contribution in [1.82, 2.24) is 9.88 Å². The second-order valence-corrected chi connectivity index (χ2v) is 5.17. The van der Waals surface area contributed by atoms with Gasteiger partial charge in [-0.2, -0.15) is 0 Å². The predicted molar refractivity (Wildman–Crippen MR) is 64.2 cm³/mol. The topological polar surface area (TPSA) is 42.2 Å². The summed E-state index contributed by atoms with van der Waals surface area (Å²) < 4.78 is 0. The normalized spacial score (nSPS) is 24.6. The fraction of sp³-hybridized carbons (Fsp3) is 0.727. The third-order valence-electron chi connectivity index (χ3n) is 3.08. The van der Waals surface area contributed by atoms with Gasteiger partial charge in [0.25, 0.3) is 0 Å². The number of aromatic nitrogens is 1. The Kier molecular flexibility index (Phi) is 3.38. The van der Waals surface area contributed by atoms with Crippen LogP contribution < -0.4 is 5.73 Å². The lowest BCUT2D eigenvalue weighted by molar-refractivity contribution is 0.354. The average Bonchev–Trinajstić information content (AvgIpc) is 2.86. The molecule has 0 aliphatic carbocycles. The number of thiazole rings is 1. The fourth-order valence-electron chi connectivity index (χ4n) is 2.02. The summed E-state index contributed by atoms with van der Waals surface area (Å²) in [6.45, 7) is 7.75. The minimum Gasteiger partial charge on any atom is -0.323 e. The molecule has 2 unspecified atom stereocenters. The lowest BCUT2D eigenvalue weighted by Crippen LogP contribution is -2.19. The van der Waals surface area contributed by atoms with Crippen LogP contribution in [-0.4, -0.2) is 29.5 Å². The van der Waals surface area contributed by atoms with Gasteiger partial charge >= 0.3 is 0 Å². The summed E-state index contributed by atoms with van der Waals surface area (Å²) in [6, 6.07) is 0.0682. The van der Waals surface area contributed by atoms with E-state index in [1.54, 1.807) is 11.3 Å². The third kappa shape index (κ3) is 2.38. The van der Waals surface area contributed by atoms with E-state index in [1.165, 1.54) is 24.5 Å². The van der Waals surface area contributed by atoms with Crippen molar-refractivity contribution in [3.8, 4) is 0 Å². The molecule has 0 saturated carbocycles. The van der Waals surface area contributed by atoms with E-state index in [-0.39, 0.29) is 6.04 Å². The largest absolute Gasteiger partial charge is 0.323 e. The van der Waals surface area contributed by atoms with E-state index < -0.39 is 0 Å². The molecule has 1 saturated heterocycles. The summed E-state index contributed by atoms with van der Waals surface area (Å²) in [4.78, 5) is 7.11. The predicted octanol–water partition coefficient (Wildman–Crippen LogP) is 1.97. The molecule has 1 aromatic rings. The average molecular weight is 225 g/mol. The van der Waals surface area contributed by atoms with Crippen LogP contribution in [-0.2, 0) is 0 Å². The molecule has 1 fully saturated rings. The van der Waals surface area contributed by atoms with Gasteiger partial charge in [-0.15, -0.1) is 11.3 Å². The van der Waals surface area contributed by atoms with Crippen LogP contribution in [0, 0.1) is 0 Å². The van der Waals surface area contributed by atoms with Crippen molar-refractivity contribution in [2.75, 3.05) is 19.6 Å². The maximum absolute atomic E-state index is 5.81. The van der Waals surface area contributed by atoms with Gasteiger partial charge in [-0.1, -0.05) is 6.92 Å². The van der Waals surface area contributed by atoms with Crippen molar-refractivity contribution in [2.24, 2.45) is 5.73 Å². The van der Waals surface area contributed by atoms with Crippen LogP contribution in [0.2, 0.25) is 0 Å². The third-order valence-corrected chi connectivity index (χ3v) is 4.10. The van der Waals surface area contributed by atoms with Gasteiger partial charge in [-0.05, 0) is 26.4 Å². The summed E-state index contributed by atoms with van der Waals surface area (Å²) in [5.74, 6) is 0.641. The Morgan fingerprint density at radius 2 is 2.53 bits per heavy atom. The highest BCUT2D eigenvalue weighted by Crippen LogP contribution is 2.30. The molecular formula is C11H19N3S. The Morgan fingerprint density at radius 1 is 1.73 bits per heavy atom. The zero-order valence-electron chi connectivity index (χ0n) is 9.44. The van der Waals surface area contributed by atoms with Gasteiger partial charge in [0.05, 0.1) is 10.7 Å². The first kappa shape index (κ1) is 11.0. The zero-order valence-corrected chi connectivity index (χ0v) is 10.3. The molecule has 84 valence electrons. The van der Waals surface area contributed by atoms with Gasteiger partial charge in [0, 0.05) is 23.9 Å². The smallest absolute Gasteiger partial charge is 0.0973 e. The highest BCUT2D eigenvalue weighted by atomic mass is 32.1. The van der Waals surface area contributed by atoms with Crippen LogP contribution in [0.3, 0.4) is 0 Å². The standard InChI is InChI=1S/C11H19N3S/c1-3-14-5-4-9(6-14)11-13-10(7-15-11)8(2)12/h7-9H,3-6,12H2,1-2H3. The summed E-state index contributed by atoms with van der Waals surface area (Å²) in [5.41, 5.74) is 6.86. The van der Waals surface area contributed by atoms with Crippen LogP contribution >= 0.6 is 11.3 Å². The molecule has 2 atom stereocenters. The van der Waals surface area contributed by atoms with Crippen molar-refractivity contribution in [2.45, 2.75) is 32.2 Å². The summed E-state index contributed by atoms with van der Waals surface area (Å²) >= 11 is 1.77. The molecule has 2 rings (SSSR count). The molecule has 1 aromatic heterocycles. The maximum atomic E-state index is 5.81. The van der Waals surface area contributed by atoms with Crippen LogP contribution in [0.5, 0.6) is 0 Å². The second kappa shape index (κ2) is 4.60. The van der Waals surface area contributed by atoms with E-state index >= 15 is 0 Å².